The number of carbonyl (C=O) groups is 2. The molecule has 3 rings (SSSR count). The maximum Gasteiger partial charge on any atom is 0.272 e. The van der Waals surface area contributed by atoms with Gasteiger partial charge in [0.2, 0.25) is 5.91 Å². The molecule has 2 heterocycles. The Labute approximate surface area is 141 Å². The van der Waals surface area contributed by atoms with E-state index < -0.39 is 0 Å². The molecule has 0 atom stereocenters. The fourth-order valence-corrected chi connectivity index (χ4v) is 2.97. The topological polar surface area (TPSA) is 58.4 Å². The van der Waals surface area contributed by atoms with Crippen LogP contribution in [0.5, 0.6) is 0 Å². The third-order valence-corrected chi connectivity index (χ3v) is 4.42. The summed E-state index contributed by atoms with van der Waals surface area (Å²) in [4.78, 5) is 32.6. The minimum atomic E-state index is -0.129. The van der Waals surface area contributed by atoms with E-state index in [-0.39, 0.29) is 18.4 Å². The molecule has 1 fully saturated rings. The number of hydrogen-bond acceptors (Lipinski definition) is 3. The first kappa shape index (κ1) is 16.2. The number of aromatic nitrogens is 2. The Morgan fingerprint density at radius 2 is 1.88 bits per heavy atom. The summed E-state index contributed by atoms with van der Waals surface area (Å²) in [5.74, 6) is -0.147. The van der Waals surface area contributed by atoms with Gasteiger partial charge in [-0.15, -0.1) is 0 Å². The third-order valence-electron chi connectivity index (χ3n) is 4.42. The standard InChI is InChI=1S/C18H22N4O2/c1-13-4-6-15(7-5-13)10-21-8-9-22(11-16(21)23)18(24)17-14(2)19-12-20(17)3/h4-7,12H,8-11H2,1-3H3. The van der Waals surface area contributed by atoms with Crippen LogP contribution in [-0.2, 0) is 18.4 Å². The molecule has 0 radical (unpaired) electrons. The van der Waals surface area contributed by atoms with Gasteiger partial charge < -0.3 is 14.4 Å². The van der Waals surface area contributed by atoms with Crippen LogP contribution in [0, 0.1) is 13.8 Å². The molecule has 126 valence electrons. The second-order valence-electron chi connectivity index (χ2n) is 6.32. The SMILES string of the molecule is Cc1ccc(CN2CCN(C(=O)c3c(C)ncn3C)CC2=O)cc1. The monoisotopic (exact) mass is 326 g/mol. The van der Waals surface area contributed by atoms with E-state index in [0.717, 1.165) is 5.56 Å². The van der Waals surface area contributed by atoms with Gasteiger partial charge in [0.1, 0.15) is 12.2 Å². The molecule has 0 unspecified atom stereocenters. The van der Waals surface area contributed by atoms with Gasteiger partial charge in [0.05, 0.1) is 12.0 Å². The van der Waals surface area contributed by atoms with Crippen LogP contribution in [0.2, 0.25) is 0 Å². The molecule has 1 aliphatic heterocycles. The summed E-state index contributed by atoms with van der Waals surface area (Å²) in [6.45, 7) is 5.65. The predicted octanol–water partition coefficient (Wildman–Crippen LogP) is 1.52. The number of amides is 2. The molecule has 1 aromatic carbocycles. The zero-order valence-electron chi connectivity index (χ0n) is 14.3. The van der Waals surface area contributed by atoms with Gasteiger partial charge in [-0.25, -0.2) is 4.98 Å². The van der Waals surface area contributed by atoms with Gasteiger partial charge in [-0.05, 0) is 19.4 Å². The fourth-order valence-electron chi connectivity index (χ4n) is 2.97. The lowest BCUT2D eigenvalue weighted by molar-refractivity contribution is -0.135. The van der Waals surface area contributed by atoms with Crippen molar-refractivity contribution in [2.24, 2.45) is 7.05 Å². The summed E-state index contributed by atoms with van der Waals surface area (Å²) in [6.07, 6.45) is 1.62. The van der Waals surface area contributed by atoms with Crippen molar-refractivity contribution in [1.29, 1.82) is 0 Å². The van der Waals surface area contributed by atoms with Gasteiger partial charge in [0.25, 0.3) is 5.91 Å². The van der Waals surface area contributed by atoms with E-state index in [4.69, 9.17) is 0 Å². The van der Waals surface area contributed by atoms with Gasteiger partial charge in [-0.3, -0.25) is 9.59 Å². The first-order chi connectivity index (χ1) is 11.5. The summed E-state index contributed by atoms with van der Waals surface area (Å²) in [7, 11) is 1.79. The number of benzene rings is 1. The molecule has 0 spiro atoms. The zero-order chi connectivity index (χ0) is 17.3. The van der Waals surface area contributed by atoms with Crippen LogP contribution in [0.1, 0.15) is 27.3 Å². The third kappa shape index (κ3) is 3.18. The second kappa shape index (κ2) is 6.47. The number of imidazole rings is 1. The molecular formula is C18H22N4O2. The molecule has 0 aliphatic carbocycles. The minimum absolute atomic E-state index is 0.0185. The van der Waals surface area contributed by atoms with E-state index >= 15 is 0 Å². The summed E-state index contributed by atoms with van der Waals surface area (Å²) in [6, 6.07) is 8.17. The molecular weight excluding hydrogens is 304 g/mol. The van der Waals surface area contributed by atoms with Crippen LogP contribution in [0.3, 0.4) is 0 Å². The number of rotatable bonds is 3. The average Bonchev–Trinajstić information content (AvgIpc) is 2.89. The van der Waals surface area contributed by atoms with Crippen molar-refractivity contribution in [3.8, 4) is 0 Å². The summed E-state index contributed by atoms with van der Waals surface area (Å²) in [5.41, 5.74) is 3.55. The molecule has 0 saturated carbocycles. The average molecular weight is 326 g/mol. The van der Waals surface area contributed by atoms with Gasteiger partial charge >= 0.3 is 0 Å². The van der Waals surface area contributed by atoms with E-state index in [1.54, 1.807) is 22.8 Å². The first-order valence-electron chi connectivity index (χ1n) is 8.06. The first-order valence-corrected chi connectivity index (χ1v) is 8.06. The molecule has 1 aromatic heterocycles. The molecule has 6 heteroatoms. The molecule has 2 aromatic rings. The molecule has 2 amide bonds. The maximum atomic E-state index is 12.6. The number of piperazine rings is 1. The smallest absolute Gasteiger partial charge is 0.272 e. The highest BCUT2D eigenvalue weighted by Gasteiger charge is 2.29. The van der Waals surface area contributed by atoms with Crippen molar-refractivity contribution in [2.45, 2.75) is 20.4 Å². The van der Waals surface area contributed by atoms with E-state index in [2.05, 4.69) is 4.98 Å². The number of hydrogen-bond donors (Lipinski definition) is 0. The summed E-state index contributed by atoms with van der Waals surface area (Å²) in [5, 5.41) is 0. The van der Waals surface area contributed by atoms with Gasteiger partial charge in [0.15, 0.2) is 0 Å². The van der Waals surface area contributed by atoms with Crippen molar-refractivity contribution in [2.75, 3.05) is 19.6 Å². The number of carbonyl (C=O) groups excluding carboxylic acids is 2. The van der Waals surface area contributed by atoms with Crippen LogP contribution in [-0.4, -0.2) is 50.8 Å². The Morgan fingerprint density at radius 1 is 1.17 bits per heavy atom. The van der Waals surface area contributed by atoms with Crippen molar-refractivity contribution in [3.63, 3.8) is 0 Å². The van der Waals surface area contributed by atoms with Crippen molar-refractivity contribution in [1.82, 2.24) is 19.4 Å². The highest BCUT2D eigenvalue weighted by atomic mass is 16.2. The normalized spacial score (nSPS) is 15.0. The molecule has 1 aliphatic rings. The lowest BCUT2D eigenvalue weighted by atomic mass is 10.1. The minimum Gasteiger partial charge on any atom is -0.335 e. The van der Waals surface area contributed by atoms with Crippen LogP contribution in [0.25, 0.3) is 0 Å². The summed E-state index contributed by atoms with van der Waals surface area (Å²) >= 11 is 0. The van der Waals surface area contributed by atoms with Crippen molar-refractivity contribution in [3.05, 3.63) is 53.1 Å². The van der Waals surface area contributed by atoms with Gasteiger partial charge in [-0.2, -0.15) is 0 Å². The van der Waals surface area contributed by atoms with E-state index in [9.17, 15) is 9.59 Å². The van der Waals surface area contributed by atoms with Crippen LogP contribution >= 0.6 is 0 Å². The Morgan fingerprint density at radius 3 is 2.46 bits per heavy atom. The van der Waals surface area contributed by atoms with Gasteiger partial charge in [-0.1, -0.05) is 29.8 Å². The quantitative estimate of drug-likeness (QED) is 0.859. The Bertz CT molecular complexity index is 744. The molecule has 0 N–H and O–H groups in total. The van der Waals surface area contributed by atoms with Crippen LogP contribution in [0.4, 0.5) is 0 Å². The lowest BCUT2D eigenvalue weighted by Gasteiger charge is -2.34. The maximum absolute atomic E-state index is 12.6. The summed E-state index contributed by atoms with van der Waals surface area (Å²) < 4.78 is 1.71. The van der Waals surface area contributed by atoms with E-state index in [1.807, 2.05) is 43.0 Å². The number of aryl methyl sites for hydroxylation is 3. The molecule has 6 nitrogen and oxygen atoms in total. The second-order valence-corrected chi connectivity index (χ2v) is 6.32. The Kier molecular flexibility index (Phi) is 4.38. The van der Waals surface area contributed by atoms with E-state index in [1.165, 1.54) is 5.56 Å². The van der Waals surface area contributed by atoms with Crippen molar-refractivity contribution < 1.29 is 9.59 Å². The zero-order valence-corrected chi connectivity index (χ0v) is 14.3. The Hall–Kier alpha value is -2.63. The van der Waals surface area contributed by atoms with Crippen LogP contribution < -0.4 is 0 Å². The molecule has 0 bridgehead atoms. The highest BCUT2D eigenvalue weighted by Crippen LogP contribution is 2.14. The van der Waals surface area contributed by atoms with Crippen LogP contribution in [0.15, 0.2) is 30.6 Å². The largest absolute Gasteiger partial charge is 0.335 e. The van der Waals surface area contributed by atoms with Gasteiger partial charge in [0, 0.05) is 26.7 Å². The van der Waals surface area contributed by atoms with Crippen molar-refractivity contribution >= 4 is 11.8 Å². The lowest BCUT2D eigenvalue weighted by Crippen LogP contribution is -2.52. The Balaban J connectivity index is 1.66. The fraction of sp³-hybridized carbons (Fsp3) is 0.389. The number of nitrogens with zero attached hydrogens (tertiary/aromatic N) is 4. The molecule has 24 heavy (non-hydrogen) atoms. The molecule has 1 saturated heterocycles. The van der Waals surface area contributed by atoms with E-state index in [0.29, 0.717) is 31.0 Å². The highest BCUT2D eigenvalue weighted by molar-refractivity contribution is 5.96. The predicted molar refractivity (Wildman–Crippen MR) is 90.4 cm³/mol.